The molecule has 0 aliphatic carbocycles. The smallest absolute Gasteiger partial charge is 0.219 e. The summed E-state index contributed by atoms with van der Waals surface area (Å²) >= 11 is 0. The first kappa shape index (κ1) is 8.95. The second kappa shape index (κ2) is 4.03. The van der Waals surface area contributed by atoms with Crippen LogP contribution in [0.3, 0.4) is 0 Å². The Balaban J connectivity index is 2.40. The minimum absolute atomic E-state index is 0.199. The Morgan fingerprint density at radius 2 is 2.00 bits per heavy atom. The summed E-state index contributed by atoms with van der Waals surface area (Å²) in [5.41, 5.74) is 0. The molecule has 1 fully saturated rings. The number of hydrogen-bond donors (Lipinski definition) is 0. The third kappa shape index (κ3) is 2.76. The van der Waals surface area contributed by atoms with E-state index in [1.54, 1.807) is 6.92 Å². The third-order valence-corrected chi connectivity index (χ3v) is 2.49. The number of rotatable bonds is 0. The maximum atomic E-state index is 11.0. The van der Waals surface area contributed by atoms with Gasteiger partial charge in [-0.1, -0.05) is 9.39 Å². The lowest BCUT2D eigenvalue weighted by Crippen LogP contribution is -2.31. The first-order valence-corrected chi connectivity index (χ1v) is 4.47. The summed E-state index contributed by atoms with van der Waals surface area (Å²) in [6.45, 7) is 5.48. The molecule has 0 bridgehead atoms. The molecular weight excluding hydrogens is 159 g/mol. The molecule has 1 saturated heterocycles. The quantitative estimate of drug-likeness (QED) is 0.494. The average Bonchev–Trinajstić information content (AvgIpc) is 2.13. The van der Waals surface area contributed by atoms with E-state index in [0.29, 0.717) is 0 Å². The Labute approximate surface area is 70.0 Å². The van der Waals surface area contributed by atoms with Crippen LogP contribution >= 0.6 is 9.39 Å². The van der Waals surface area contributed by atoms with E-state index in [4.69, 9.17) is 0 Å². The zero-order valence-corrected chi connectivity index (χ0v) is 8.07. The van der Waals surface area contributed by atoms with E-state index in [9.17, 15) is 4.79 Å². The molecule has 0 N–H and O–H groups in total. The lowest BCUT2D eigenvalue weighted by Gasteiger charge is -2.17. The van der Waals surface area contributed by atoms with Crippen LogP contribution in [0.25, 0.3) is 0 Å². The van der Waals surface area contributed by atoms with Gasteiger partial charge in [0.05, 0.1) is 0 Å². The fourth-order valence-corrected chi connectivity index (χ4v) is 1.55. The molecule has 1 atom stereocenters. The first-order chi connectivity index (χ1) is 5.20. The van der Waals surface area contributed by atoms with Crippen LogP contribution in [0, 0.1) is 0 Å². The molecule has 1 amide bonds. The van der Waals surface area contributed by atoms with Crippen molar-refractivity contribution in [3.63, 3.8) is 0 Å². The summed E-state index contributed by atoms with van der Waals surface area (Å²) in [5.74, 6) is 0.199. The first-order valence-electron chi connectivity index (χ1n) is 3.95. The van der Waals surface area contributed by atoms with E-state index >= 15 is 0 Å². The molecule has 1 aliphatic rings. The van der Waals surface area contributed by atoms with Crippen LogP contribution in [0.15, 0.2) is 0 Å². The normalized spacial score (nSPS) is 21.5. The molecule has 1 unspecified atom stereocenters. The van der Waals surface area contributed by atoms with Gasteiger partial charge in [0.2, 0.25) is 5.91 Å². The van der Waals surface area contributed by atoms with Crippen molar-refractivity contribution in [2.75, 3.05) is 26.2 Å². The van der Waals surface area contributed by atoms with Crippen molar-refractivity contribution in [3.05, 3.63) is 0 Å². The third-order valence-electron chi connectivity index (χ3n) is 1.98. The van der Waals surface area contributed by atoms with Gasteiger partial charge in [-0.25, -0.2) is 0 Å². The van der Waals surface area contributed by atoms with Gasteiger partial charge in [0.25, 0.3) is 0 Å². The minimum atomic E-state index is 0.199. The van der Waals surface area contributed by atoms with E-state index in [1.807, 2.05) is 4.90 Å². The van der Waals surface area contributed by atoms with Crippen molar-refractivity contribution in [1.82, 2.24) is 9.57 Å². The van der Waals surface area contributed by atoms with Crippen LogP contribution in [-0.4, -0.2) is 41.7 Å². The van der Waals surface area contributed by atoms with Gasteiger partial charge >= 0.3 is 0 Å². The molecule has 3 nitrogen and oxygen atoms in total. The van der Waals surface area contributed by atoms with Gasteiger partial charge in [0.15, 0.2) is 0 Å². The standard InChI is InChI=1S/C7H15N2OP/c1-7(10)8-3-2-4-9(11)6-5-8/h2-6,11H2,1H3. The molecule has 0 aromatic rings. The van der Waals surface area contributed by atoms with Gasteiger partial charge < -0.3 is 4.90 Å². The maximum absolute atomic E-state index is 11.0. The Hall–Kier alpha value is -0.140. The zero-order valence-electron chi connectivity index (χ0n) is 6.92. The molecule has 0 spiro atoms. The van der Waals surface area contributed by atoms with E-state index in [1.165, 1.54) is 0 Å². The molecule has 64 valence electrons. The van der Waals surface area contributed by atoms with E-state index in [-0.39, 0.29) is 5.91 Å². The molecule has 0 saturated carbocycles. The SMILES string of the molecule is CC(=O)N1CCCN(P)CC1. The molecule has 11 heavy (non-hydrogen) atoms. The fraction of sp³-hybridized carbons (Fsp3) is 0.857. The number of hydrogen-bond acceptors (Lipinski definition) is 2. The van der Waals surface area contributed by atoms with Crippen LogP contribution < -0.4 is 0 Å². The largest absolute Gasteiger partial charge is 0.342 e. The Bertz CT molecular complexity index is 151. The average molecular weight is 174 g/mol. The van der Waals surface area contributed by atoms with Crippen LogP contribution in [0.4, 0.5) is 0 Å². The monoisotopic (exact) mass is 174 g/mol. The second-order valence-corrected chi connectivity index (χ2v) is 3.63. The number of carbonyl (C=O) groups is 1. The van der Waals surface area contributed by atoms with Crippen molar-refractivity contribution >= 4 is 15.3 Å². The van der Waals surface area contributed by atoms with Crippen molar-refractivity contribution in [2.24, 2.45) is 0 Å². The predicted molar refractivity (Wildman–Crippen MR) is 48.2 cm³/mol. The topological polar surface area (TPSA) is 23.6 Å². The molecule has 1 rings (SSSR count). The number of carbonyl (C=O) groups excluding carboxylic acids is 1. The summed E-state index contributed by atoms with van der Waals surface area (Å²) in [5, 5.41) is 0. The van der Waals surface area contributed by atoms with Gasteiger partial charge in [0.1, 0.15) is 0 Å². The van der Waals surface area contributed by atoms with Gasteiger partial charge in [-0.15, -0.1) is 0 Å². The lowest BCUT2D eigenvalue weighted by atomic mass is 10.4. The van der Waals surface area contributed by atoms with E-state index < -0.39 is 0 Å². The highest BCUT2D eigenvalue weighted by Crippen LogP contribution is 2.06. The van der Waals surface area contributed by atoms with E-state index in [0.717, 1.165) is 32.6 Å². The Kier molecular flexibility index (Phi) is 3.28. The summed E-state index contributed by atoms with van der Waals surface area (Å²) in [6, 6.07) is 0. The second-order valence-electron chi connectivity index (χ2n) is 2.90. The Morgan fingerprint density at radius 3 is 2.64 bits per heavy atom. The highest BCUT2D eigenvalue weighted by Gasteiger charge is 2.13. The summed E-state index contributed by atoms with van der Waals surface area (Å²) in [6.07, 6.45) is 1.09. The van der Waals surface area contributed by atoms with Crippen LogP contribution in [0.1, 0.15) is 13.3 Å². The summed E-state index contributed by atoms with van der Waals surface area (Å²) in [7, 11) is 2.68. The molecule has 0 radical (unpaired) electrons. The van der Waals surface area contributed by atoms with Crippen molar-refractivity contribution < 1.29 is 4.79 Å². The van der Waals surface area contributed by atoms with Crippen molar-refractivity contribution in [2.45, 2.75) is 13.3 Å². The molecule has 1 aliphatic heterocycles. The van der Waals surface area contributed by atoms with Crippen molar-refractivity contribution in [1.29, 1.82) is 0 Å². The van der Waals surface area contributed by atoms with Crippen LogP contribution in [0.2, 0.25) is 0 Å². The highest BCUT2D eigenvalue weighted by atomic mass is 31.0. The number of amides is 1. The van der Waals surface area contributed by atoms with Crippen molar-refractivity contribution in [3.8, 4) is 0 Å². The van der Waals surface area contributed by atoms with Gasteiger partial charge in [0, 0.05) is 33.1 Å². The maximum Gasteiger partial charge on any atom is 0.219 e. The molecule has 1 heterocycles. The summed E-state index contributed by atoms with van der Waals surface area (Å²) in [4.78, 5) is 12.9. The zero-order chi connectivity index (χ0) is 8.27. The van der Waals surface area contributed by atoms with Gasteiger partial charge in [-0.3, -0.25) is 9.46 Å². The van der Waals surface area contributed by atoms with Gasteiger partial charge in [-0.05, 0) is 6.42 Å². The summed E-state index contributed by atoms with van der Waals surface area (Å²) < 4.78 is 2.18. The molecule has 0 aromatic heterocycles. The van der Waals surface area contributed by atoms with Crippen LogP contribution in [0.5, 0.6) is 0 Å². The van der Waals surface area contributed by atoms with E-state index in [2.05, 4.69) is 14.1 Å². The molecule has 0 aromatic carbocycles. The fourth-order valence-electron chi connectivity index (χ4n) is 1.25. The molecule has 4 heteroatoms. The molecular formula is C7H15N2OP. The highest BCUT2D eigenvalue weighted by molar-refractivity contribution is 7.13. The predicted octanol–water partition coefficient (Wildman–Crippen LogP) is 0.331. The Morgan fingerprint density at radius 1 is 1.27 bits per heavy atom. The van der Waals surface area contributed by atoms with Crippen LogP contribution in [-0.2, 0) is 4.79 Å². The van der Waals surface area contributed by atoms with Gasteiger partial charge in [-0.2, -0.15) is 0 Å². The minimum Gasteiger partial charge on any atom is -0.342 e. The number of nitrogens with zero attached hydrogens (tertiary/aromatic N) is 2. The lowest BCUT2D eigenvalue weighted by molar-refractivity contribution is -0.128.